The smallest absolute Gasteiger partial charge is 0.336 e. The van der Waals surface area contributed by atoms with Gasteiger partial charge in [-0.15, -0.1) is 11.8 Å². The molecule has 1 heterocycles. The summed E-state index contributed by atoms with van der Waals surface area (Å²) in [5.74, 6) is -0.492. The zero-order chi connectivity index (χ0) is 30.3. The normalized spacial score (nSPS) is 20.0. The largest absolute Gasteiger partial charge is 0.478 e. The van der Waals surface area contributed by atoms with E-state index in [1.807, 2.05) is 78.9 Å². The second kappa shape index (κ2) is 14.0. The first-order valence-corrected chi connectivity index (χ1v) is 15.2. The molecule has 43 heavy (non-hydrogen) atoms. The fourth-order valence-corrected chi connectivity index (χ4v) is 6.38. The van der Waals surface area contributed by atoms with Gasteiger partial charge in [0, 0.05) is 35.6 Å². The topological polar surface area (TPSA) is 105 Å². The van der Waals surface area contributed by atoms with Crippen LogP contribution in [0.2, 0.25) is 0 Å². The minimum atomic E-state index is -0.954. The number of aromatic carboxylic acids is 1. The Morgan fingerprint density at radius 2 is 1.56 bits per heavy atom. The number of thioether (sulfide) groups is 1. The van der Waals surface area contributed by atoms with Gasteiger partial charge in [-0.25, -0.2) is 4.79 Å². The fraction of sp³-hybridized carbons (Fsp3) is 0.257. The van der Waals surface area contributed by atoms with Gasteiger partial charge in [-0.3, -0.25) is 4.79 Å². The first-order chi connectivity index (χ1) is 20.8. The van der Waals surface area contributed by atoms with Crippen molar-refractivity contribution in [3.63, 3.8) is 0 Å². The summed E-state index contributed by atoms with van der Waals surface area (Å²) in [5, 5.41) is 22.0. The van der Waals surface area contributed by atoms with Gasteiger partial charge in [0.25, 0.3) is 0 Å². The number of carbonyl (C=O) groups excluding carboxylic acids is 1. The Balaban J connectivity index is 1.38. The molecule has 0 aliphatic carbocycles. The Morgan fingerprint density at radius 3 is 2.26 bits per heavy atom. The van der Waals surface area contributed by atoms with E-state index in [1.165, 1.54) is 18.7 Å². The molecule has 4 unspecified atom stereocenters. The third kappa shape index (κ3) is 7.53. The molecule has 1 saturated heterocycles. The summed E-state index contributed by atoms with van der Waals surface area (Å²) in [4.78, 5) is 23.8. The van der Waals surface area contributed by atoms with Gasteiger partial charge in [0.1, 0.15) is 0 Å². The summed E-state index contributed by atoms with van der Waals surface area (Å²) in [7, 11) is 0. The maximum Gasteiger partial charge on any atom is 0.336 e. The number of ether oxygens (including phenoxy) is 2. The predicted molar refractivity (Wildman–Crippen MR) is 166 cm³/mol. The zero-order valence-corrected chi connectivity index (χ0v) is 24.9. The number of nitrogens with one attached hydrogen (secondary N) is 1. The highest BCUT2D eigenvalue weighted by molar-refractivity contribution is 7.99. The quantitative estimate of drug-likeness (QED) is 0.173. The number of hydrogen-bond donors (Lipinski definition) is 3. The van der Waals surface area contributed by atoms with Crippen molar-refractivity contribution < 1.29 is 29.3 Å². The number of aliphatic hydroxyl groups is 1. The average molecular weight is 598 g/mol. The van der Waals surface area contributed by atoms with Gasteiger partial charge in [0.05, 0.1) is 24.4 Å². The highest BCUT2D eigenvalue weighted by Gasteiger charge is 2.38. The van der Waals surface area contributed by atoms with Crippen LogP contribution in [0.15, 0.2) is 102 Å². The predicted octanol–water partition coefficient (Wildman–Crippen LogP) is 6.76. The van der Waals surface area contributed by atoms with Gasteiger partial charge in [-0.1, -0.05) is 85.8 Å². The third-order valence-electron chi connectivity index (χ3n) is 7.63. The second-order valence-electron chi connectivity index (χ2n) is 10.7. The Labute approximate surface area is 255 Å². The highest BCUT2D eigenvalue weighted by Crippen LogP contribution is 2.43. The minimum Gasteiger partial charge on any atom is -0.478 e. The molecule has 4 aromatic carbocycles. The molecule has 4 atom stereocenters. The molecule has 0 bridgehead atoms. The lowest BCUT2D eigenvalue weighted by atomic mass is 9.91. The minimum absolute atomic E-state index is 0.0219. The lowest BCUT2D eigenvalue weighted by molar-refractivity contribution is -0.268. The molecule has 0 spiro atoms. The standard InChI is InChI=1S/C35H35NO6S/c1-22-31(21-43-32-9-4-3-8-30(32)34(39)40)41-35(42-33(22)27-12-10-24(20-37)11-13-27)28-16-14-26(15-17-28)29-7-5-6-25(18-29)19-36-23(2)38/h3-18,22,31,33,35,37H,19-21H2,1-2H3,(H,36,38)(H,39,40). The maximum atomic E-state index is 11.8. The van der Waals surface area contributed by atoms with Crippen LogP contribution >= 0.6 is 11.8 Å². The van der Waals surface area contributed by atoms with E-state index in [1.54, 1.807) is 12.1 Å². The lowest BCUT2D eigenvalue weighted by Crippen LogP contribution is -2.38. The number of carboxylic acid groups (broad SMARTS) is 1. The molecular formula is C35H35NO6S. The Kier molecular flexibility index (Phi) is 9.94. The van der Waals surface area contributed by atoms with E-state index in [0.717, 1.165) is 33.4 Å². The van der Waals surface area contributed by atoms with Gasteiger partial charge in [0.2, 0.25) is 5.91 Å². The molecule has 7 nitrogen and oxygen atoms in total. The van der Waals surface area contributed by atoms with Crippen molar-refractivity contribution in [2.45, 2.75) is 50.4 Å². The molecule has 3 N–H and O–H groups in total. The van der Waals surface area contributed by atoms with E-state index in [4.69, 9.17) is 9.47 Å². The molecule has 0 aromatic heterocycles. The molecule has 0 saturated carbocycles. The molecule has 222 valence electrons. The summed E-state index contributed by atoms with van der Waals surface area (Å²) in [6, 6.07) is 30.9. The zero-order valence-electron chi connectivity index (χ0n) is 24.1. The fourth-order valence-electron chi connectivity index (χ4n) is 5.17. The van der Waals surface area contributed by atoms with Crippen molar-refractivity contribution in [1.29, 1.82) is 0 Å². The first-order valence-electron chi connectivity index (χ1n) is 14.2. The van der Waals surface area contributed by atoms with Crippen LogP contribution in [0.1, 0.15) is 58.9 Å². The number of carbonyl (C=O) groups is 2. The third-order valence-corrected chi connectivity index (χ3v) is 8.79. The number of hydrogen-bond acceptors (Lipinski definition) is 6. The summed E-state index contributed by atoms with van der Waals surface area (Å²) in [6.45, 7) is 4.04. The van der Waals surface area contributed by atoms with Crippen LogP contribution in [-0.2, 0) is 27.4 Å². The monoisotopic (exact) mass is 597 g/mol. The van der Waals surface area contributed by atoms with Gasteiger partial charge in [-0.2, -0.15) is 0 Å². The van der Waals surface area contributed by atoms with Crippen molar-refractivity contribution in [1.82, 2.24) is 5.32 Å². The SMILES string of the molecule is CC(=O)NCc1cccc(-c2ccc(C3OC(CSc4ccccc4C(=O)O)C(C)C(c4ccc(CO)cc4)O3)cc2)c1. The number of rotatable bonds is 10. The van der Waals surface area contributed by atoms with Crippen LogP contribution in [0.5, 0.6) is 0 Å². The lowest BCUT2D eigenvalue weighted by Gasteiger charge is -2.41. The van der Waals surface area contributed by atoms with Crippen LogP contribution in [0.25, 0.3) is 11.1 Å². The Morgan fingerprint density at radius 1 is 0.837 bits per heavy atom. The molecule has 1 fully saturated rings. The van der Waals surface area contributed by atoms with Gasteiger partial charge >= 0.3 is 5.97 Å². The summed E-state index contributed by atoms with van der Waals surface area (Å²) in [5.41, 5.74) is 6.07. The highest BCUT2D eigenvalue weighted by atomic mass is 32.2. The number of carboxylic acids is 1. The summed E-state index contributed by atoms with van der Waals surface area (Å²) < 4.78 is 13.1. The molecule has 0 radical (unpaired) electrons. The van der Waals surface area contributed by atoms with Gasteiger partial charge in [0.15, 0.2) is 6.29 Å². The van der Waals surface area contributed by atoms with E-state index in [9.17, 15) is 19.8 Å². The van der Waals surface area contributed by atoms with E-state index in [2.05, 4.69) is 18.3 Å². The van der Waals surface area contributed by atoms with Crippen LogP contribution in [0.4, 0.5) is 0 Å². The molecule has 5 rings (SSSR count). The van der Waals surface area contributed by atoms with Crippen LogP contribution < -0.4 is 5.32 Å². The van der Waals surface area contributed by atoms with E-state index < -0.39 is 12.3 Å². The summed E-state index contributed by atoms with van der Waals surface area (Å²) >= 11 is 1.47. The molecule has 8 heteroatoms. The molecule has 1 aliphatic rings. The van der Waals surface area contributed by atoms with E-state index in [0.29, 0.717) is 17.2 Å². The van der Waals surface area contributed by atoms with E-state index in [-0.39, 0.29) is 36.2 Å². The Bertz CT molecular complexity index is 1560. The number of benzene rings is 4. The second-order valence-corrected chi connectivity index (χ2v) is 11.7. The maximum absolute atomic E-state index is 11.8. The van der Waals surface area contributed by atoms with Crippen molar-refractivity contribution in [2.75, 3.05) is 5.75 Å². The molecular weight excluding hydrogens is 562 g/mol. The van der Waals surface area contributed by atoms with Gasteiger partial charge in [-0.05, 0) is 46.0 Å². The number of aliphatic hydroxyl groups excluding tert-OH is 1. The Hall–Kier alpha value is -3.95. The van der Waals surface area contributed by atoms with Crippen molar-refractivity contribution in [3.8, 4) is 11.1 Å². The average Bonchev–Trinajstić information content (AvgIpc) is 3.03. The van der Waals surface area contributed by atoms with Crippen LogP contribution in [0.3, 0.4) is 0 Å². The van der Waals surface area contributed by atoms with E-state index >= 15 is 0 Å². The first kappa shape index (κ1) is 30.5. The molecule has 4 aromatic rings. The summed E-state index contributed by atoms with van der Waals surface area (Å²) in [6.07, 6.45) is -1.12. The van der Waals surface area contributed by atoms with Crippen LogP contribution in [-0.4, -0.2) is 33.9 Å². The molecule has 1 aliphatic heterocycles. The van der Waals surface area contributed by atoms with Crippen molar-refractivity contribution in [3.05, 3.63) is 125 Å². The molecule has 1 amide bonds. The van der Waals surface area contributed by atoms with Crippen molar-refractivity contribution >= 4 is 23.6 Å². The van der Waals surface area contributed by atoms with Crippen LogP contribution in [0, 0.1) is 5.92 Å². The number of amides is 1. The van der Waals surface area contributed by atoms with Gasteiger partial charge < -0.3 is 25.0 Å². The van der Waals surface area contributed by atoms with Crippen molar-refractivity contribution in [2.24, 2.45) is 5.92 Å².